The van der Waals surface area contributed by atoms with Gasteiger partial charge in [-0.1, -0.05) is 12.1 Å². The highest BCUT2D eigenvalue weighted by atomic mass is 32.1. The first-order chi connectivity index (χ1) is 9.15. The van der Waals surface area contributed by atoms with Crippen LogP contribution >= 0.6 is 12.2 Å². The summed E-state index contributed by atoms with van der Waals surface area (Å²) in [4.78, 5) is 11.7. The third kappa shape index (κ3) is 6.17. The Labute approximate surface area is 118 Å². The summed E-state index contributed by atoms with van der Waals surface area (Å²) in [7, 11) is 3.21. The van der Waals surface area contributed by atoms with Crippen LogP contribution in [0.1, 0.15) is 5.56 Å². The van der Waals surface area contributed by atoms with Crippen LogP contribution in [0.5, 0.6) is 5.75 Å². The molecule has 1 rings (SSSR count). The molecule has 0 aliphatic heterocycles. The van der Waals surface area contributed by atoms with Gasteiger partial charge in [-0.15, -0.1) is 0 Å². The lowest BCUT2D eigenvalue weighted by molar-refractivity contribution is -0.119. The van der Waals surface area contributed by atoms with E-state index in [0.29, 0.717) is 18.3 Å². The highest BCUT2D eigenvalue weighted by Crippen LogP contribution is 2.11. The lowest BCUT2D eigenvalue weighted by Gasteiger charge is -2.09. The zero-order valence-electron chi connectivity index (χ0n) is 11.1. The maximum atomic E-state index is 11.7. The number of hydrogen-bond acceptors (Lipinski definition) is 4. The number of nitrogens with one attached hydrogen (secondary N) is 2. The second-order valence-corrected chi connectivity index (χ2v) is 4.23. The predicted molar refractivity (Wildman–Crippen MR) is 77.3 cm³/mol. The molecule has 0 radical (unpaired) electrons. The number of methoxy groups -OCH3 is 2. The van der Waals surface area contributed by atoms with Gasteiger partial charge in [0.1, 0.15) is 5.75 Å². The molecule has 0 aromatic heterocycles. The number of carbonyl (C=O) groups is 1. The molecule has 0 saturated carbocycles. The smallest absolute Gasteiger partial charge is 0.230 e. The third-order valence-corrected chi connectivity index (χ3v) is 2.61. The van der Waals surface area contributed by atoms with Crippen molar-refractivity contribution in [1.29, 1.82) is 0 Å². The highest BCUT2D eigenvalue weighted by molar-refractivity contribution is 7.80. The van der Waals surface area contributed by atoms with Crippen LogP contribution in [0.4, 0.5) is 0 Å². The van der Waals surface area contributed by atoms with Crippen LogP contribution in [-0.2, 0) is 16.0 Å². The van der Waals surface area contributed by atoms with Gasteiger partial charge in [0.2, 0.25) is 5.91 Å². The second kappa shape index (κ2) is 8.44. The summed E-state index contributed by atoms with van der Waals surface area (Å²) >= 11 is 4.98. The van der Waals surface area contributed by atoms with Crippen molar-refractivity contribution in [2.45, 2.75) is 6.42 Å². The topological polar surface area (TPSA) is 59.6 Å². The number of benzene rings is 1. The van der Waals surface area contributed by atoms with E-state index in [4.69, 9.17) is 21.7 Å². The molecule has 0 atom stereocenters. The van der Waals surface area contributed by atoms with Gasteiger partial charge < -0.3 is 20.1 Å². The molecule has 0 spiro atoms. The predicted octanol–water partition coefficient (Wildman–Crippen LogP) is 0.875. The molecule has 6 heteroatoms. The molecule has 2 N–H and O–H groups in total. The molecule has 0 fully saturated rings. The van der Waals surface area contributed by atoms with Crippen LogP contribution in [0.15, 0.2) is 24.3 Å². The summed E-state index contributed by atoms with van der Waals surface area (Å²) in [6, 6.07) is 7.33. The largest absolute Gasteiger partial charge is 0.497 e. The first kappa shape index (κ1) is 15.4. The van der Waals surface area contributed by atoms with E-state index >= 15 is 0 Å². The minimum absolute atomic E-state index is 0.153. The van der Waals surface area contributed by atoms with Crippen molar-refractivity contribution in [3.05, 3.63) is 29.8 Å². The summed E-state index contributed by atoms with van der Waals surface area (Å²) in [5, 5.41) is 5.80. The van der Waals surface area contributed by atoms with Gasteiger partial charge >= 0.3 is 0 Å². The monoisotopic (exact) mass is 282 g/mol. The number of rotatable bonds is 6. The van der Waals surface area contributed by atoms with Gasteiger partial charge in [-0.25, -0.2) is 0 Å². The molecule has 1 aromatic rings. The molecular weight excluding hydrogens is 264 g/mol. The van der Waals surface area contributed by atoms with Gasteiger partial charge in [0, 0.05) is 13.7 Å². The van der Waals surface area contributed by atoms with Crippen LogP contribution in [-0.4, -0.2) is 38.4 Å². The van der Waals surface area contributed by atoms with Crippen LogP contribution in [0, 0.1) is 0 Å². The molecule has 0 aliphatic carbocycles. The average Bonchev–Trinajstić information content (AvgIpc) is 2.39. The normalized spacial score (nSPS) is 9.79. The zero-order chi connectivity index (χ0) is 14.1. The molecule has 19 heavy (non-hydrogen) atoms. The maximum absolute atomic E-state index is 11.7. The summed E-state index contributed by atoms with van der Waals surface area (Å²) in [6.07, 6.45) is 0.274. The minimum Gasteiger partial charge on any atom is -0.497 e. The summed E-state index contributed by atoms with van der Waals surface area (Å²) in [6.45, 7) is 1.10. The Morgan fingerprint density at radius 1 is 1.26 bits per heavy atom. The van der Waals surface area contributed by atoms with E-state index in [-0.39, 0.29) is 12.3 Å². The van der Waals surface area contributed by atoms with Crippen molar-refractivity contribution in [3.8, 4) is 5.75 Å². The van der Waals surface area contributed by atoms with Gasteiger partial charge in [0.25, 0.3) is 0 Å². The molecule has 1 amide bonds. The maximum Gasteiger partial charge on any atom is 0.230 e. The molecule has 0 heterocycles. The van der Waals surface area contributed by atoms with E-state index < -0.39 is 0 Å². The number of amides is 1. The highest BCUT2D eigenvalue weighted by Gasteiger charge is 2.05. The Balaban J connectivity index is 2.35. The van der Waals surface area contributed by atoms with Crippen molar-refractivity contribution in [3.63, 3.8) is 0 Å². The zero-order valence-corrected chi connectivity index (χ0v) is 11.9. The summed E-state index contributed by atoms with van der Waals surface area (Å²) in [5.41, 5.74) is 0.901. The Bertz CT molecular complexity index is 420. The van der Waals surface area contributed by atoms with Gasteiger partial charge in [0.05, 0.1) is 20.1 Å². The molecule has 1 aromatic carbocycles. The van der Waals surface area contributed by atoms with E-state index in [0.717, 1.165) is 11.3 Å². The second-order valence-electron chi connectivity index (χ2n) is 3.82. The van der Waals surface area contributed by atoms with Gasteiger partial charge in [-0.3, -0.25) is 4.79 Å². The molecule has 0 aliphatic rings. The molecular formula is C13H18N2O3S. The lowest BCUT2D eigenvalue weighted by Crippen LogP contribution is -2.41. The van der Waals surface area contributed by atoms with Crippen LogP contribution < -0.4 is 15.4 Å². The first-order valence-corrected chi connectivity index (χ1v) is 6.26. The Kier molecular flexibility index (Phi) is 6.84. The fourth-order valence-corrected chi connectivity index (χ4v) is 1.63. The number of hydrogen-bond donors (Lipinski definition) is 2. The average molecular weight is 282 g/mol. The number of thiocarbonyl (C=S) groups is 1. The van der Waals surface area contributed by atoms with Crippen LogP contribution in [0.2, 0.25) is 0 Å². The van der Waals surface area contributed by atoms with Gasteiger partial charge in [0.15, 0.2) is 5.11 Å². The van der Waals surface area contributed by atoms with E-state index in [2.05, 4.69) is 10.6 Å². The number of ether oxygens (including phenoxy) is 2. The Morgan fingerprint density at radius 2 is 1.95 bits per heavy atom. The van der Waals surface area contributed by atoms with E-state index in [1.165, 1.54) is 0 Å². The minimum atomic E-state index is -0.153. The standard InChI is InChI=1S/C13H18N2O3S/c1-17-8-7-14-13(19)15-12(16)9-10-3-5-11(18-2)6-4-10/h3-6H,7-9H2,1-2H3,(H2,14,15,16,19). The number of carbonyl (C=O) groups excluding carboxylic acids is 1. The fourth-order valence-electron chi connectivity index (χ4n) is 1.41. The van der Waals surface area contributed by atoms with E-state index in [9.17, 15) is 4.79 Å². The van der Waals surface area contributed by atoms with Crippen LogP contribution in [0.3, 0.4) is 0 Å². The molecule has 0 unspecified atom stereocenters. The Morgan fingerprint density at radius 3 is 2.53 bits per heavy atom. The SMILES string of the molecule is COCCNC(=S)NC(=O)Cc1ccc(OC)cc1. The first-order valence-electron chi connectivity index (χ1n) is 5.85. The summed E-state index contributed by atoms with van der Waals surface area (Å²) in [5.74, 6) is 0.612. The quantitative estimate of drug-likeness (QED) is 0.599. The van der Waals surface area contributed by atoms with Crippen molar-refractivity contribution in [2.75, 3.05) is 27.4 Å². The molecule has 104 valence electrons. The summed E-state index contributed by atoms with van der Waals surface area (Å²) < 4.78 is 9.92. The molecule has 5 nitrogen and oxygen atoms in total. The van der Waals surface area contributed by atoms with E-state index in [1.54, 1.807) is 14.2 Å². The fraction of sp³-hybridized carbons (Fsp3) is 0.385. The van der Waals surface area contributed by atoms with Crippen LogP contribution in [0.25, 0.3) is 0 Å². The van der Waals surface area contributed by atoms with Crippen molar-refractivity contribution >= 4 is 23.2 Å². The Hall–Kier alpha value is -1.66. The lowest BCUT2D eigenvalue weighted by atomic mass is 10.1. The van der Waals surface area contributed by atoms with Crippen molar-refractivity contribution in [1.82, 2.24) is 10.6 Å². The molecule has 0 saturated heterocycles. The van der Waals surface area contributed by atoms with Gasteiger partial charge in [-0.05, 0) is 29.9 Å². The van der Waals surface area contributed by atoms with Gasteiger partial charge in [-0.2, -0.15) is 0 Å². The van der Waals surface area contributed by atoms with E-state index in [1.807, 2.05) is 24.3 Å². The molecule has 0 bridgehead atoms. The van der Waals surface area contributed by atoms with Crippen molar-refractivity contribution < 1.29 is 14.3 Å². The van der Waals surface area contributed by atoms with Crippen molar-refractivity contribution in [2.24, 2.45) is 0 Å². The third-order valence-electron chi connectivity index (χ3n) is 2.37.